The lowest BCUT2D eigenvalue weighted by Gasteiger charge is -2.17. The third-order valence-corrected chi connectivity index (χ3v) is 3.25. The zero-order valence-electron chi connectivity index (χ0n) is 11.7. The highest BCUT2D eigenvalue weighted by molar-refractivity contribution is 9.10. The summed E-state index contributed by atoms with van der Waals surface area (Å²) in [5.41, 5.74) is -0.159. The van der Waals surface area contributed by atoms with Crippen molar-refractivity contribution in [3.8, 4) is 5.75 Å². The van der Waals surface area contributed by atoms with Crippen molar-refractivity contribution in [2.45, 2.75) is 32.4 Å². The quantitative estimate of drug-likeness (QED) is 0.545. The summed E-state index contributed by atoms with van der Waals surface area (Å²) in [6, 6.07) is 3.76. The van der Waals surface area contributed by atoms with Crippen molar-refractivity contribution in [1.82, 2.24) is 5.32 Å². The first-order valence-corrected chi connectivity index (χ1v) is 7.16. The van der Waals surface area contributed by atoms with Crippen molar-refractivity contribution < 1.29 is 19.6 Å². The molecular formula is C13H17BrN2O5. The van der Waals surface area contributed by atoms with Gasteiger partial charge in [-0.3, -0.25) is 14.9 Å². The number of rotatable bonds is 8. The molecular weight excluding hydrogens is 344 g/mol. The molecule has 0 aromatic heterocycles. The number of para-hydroxylation sites is 1. The van der Waals surface area contributed by atoms with Crippen LogP contribution in [0.15, 0.2) is 22.7 Å². The Morgan fingerprint density at radius 3 is 2.71 bits per heavy atom. The maximum Gasteiger partial charge on any atom is 0.320 e. The number of nitro groups is 1. The fraction of sp³-hybridized carbons (Fsp3) is 0.462. The van der Waals surface area contributed by atoms with Crippen LogP contribution in [0.1, 0.15) is 20.3 Å². The van der Waals surface area contributed by atoms with Gasteiger partial charge in [0.25, 0.3) is 0 Å². The first-order chi connectivity index (χ1) is 9.82. The van der Waals surface area contributed by atoms with E-state index in [1.165, 1.54) is 12.1 Å². The number of carbonyl (C=O) groups is 1. The van der Waals surface area contributed by atoms with Crippen LogP contribution in [0.3, 0.4) is 0 Å². The van der Waals surface area contributed by atoms with Crippen molar-refractivity contribution in [2.75, 3.05) is 6.61 Å². The van der Waals surface area contributed by atoms with Gasteiger partial charge in [-0.1, -0.05) is 19.9 Å². The van der Waals surface area contributed by atoms with E-state index in [9.17, 15) is 14.9 Å². The Bertz CT molecular complexity index is 521. The van der Waals surface area contributed by atoms with E-state index in [1.807, 2.05) is 13.8 Å². The standard InChI is InChI=1S/C13H17BrN2O5/c1-8(2)15-10(13(17)18)6-7-21-12-9(14)4-3-5-11(12)16(19)20/h3-5,8,10,15H,6-7H2,1-2H3,(H,17,18). The summed E-state index contributed by atoms with van der Waals surface area (Å²) < 4.78 is 5.86. The Morgan fingerprint density at radius 1 is 1.52 bits per heavy atom. The summed E-state index contributed by atoms with van der Waals surface area (Å²) >= 11 is 3.19. The van der Waals surface area contributed by atoms with Crippen LogP contribution in [0.2, 0.25) is 0 Å². The average molecular weight is 361 g/mol. The smallest absolute Gasteiger partial charge is 0.320 e. The third-order valence-electron chi connectivity index (χ3n) is 2.63. The van der Waals surface area contributed by atoms with Crippen LogP contribution in [0.4, 0.5) is 5.69 Å². The maximum absolute atomic E-state index is 11.1. The van der Waals surface area contributed by atoms with Crippen LogP contribution in [0.5, 0.6) is 5.75 Å². The molecule has 0 aliphatic rings. The molecule has 0 aliphatic carbocycles. The molecule has 0 saturated carbocycles. The molecule has 0 bridgehead atoms. The van der Waals surface area contributed by atoms with E-state index in [0.29, 0.717) is 4.47 Å². The Morgan fingerprint density at radius 2 is 2.19 bits per heavy atom. The van der Waals surface area contributed by atoms with Crippen molar-refractivity contribution in [2.24, 2.45) is 0 Å². The van der Waals surface area contributed by atoms with E-state index < -0.39 is 16.9 Å². The SMILES string of the molecule is CC(C)NC(CCOc1c(Br)cccc1[N+](=O)[O-])C(=O)O. The summed E-state index contributed by atoms with van der Waals surface area (Å²) in [5, 5.41) is 22.9. The first-order valence-electron chi connectivity index (χ1n) is 6.37. The zero-order valence-corrected chi connectivity index (χ0v) is 13.3. The van der Waals surface area contributed by atoms with E-state index in [1.54, 1.807) is 6.07 Å². The lowest BCUT2D eigenvalue weighted by Crippen LogP contribution is -2.41. The minimum Gasteiger partial charge on any atom is -0.486 e. The molecule has 0 aliphatic heterocycles. The molecule has 1 unspecified atom stereocenters. The van der Waals surface area contributed by atoms with Crippen molar-refractivity contribution in [3.05, 3.63) is 32.8 Å². The molecule has 0 amide bonds. The van der Waals surface area contributed by atoms with Crippen LogP contribution in [-0.4, -0.2) is 34.7 Å². The molecule has 7 nitrogen and oxygen atoms in total. The van der Waals surface area contributed by atoms with Crippen LogP contribution in [0.25, 0.3) is 0 Å². The molecule has 2 N–H and O–H groups in total. The van der Waals surface area contributed by atoms with Gasteiger partial charge >= 0.3 is 11.7 Å². The molecule has 0 radical (unpaired) electrons. The lowest BCUT2D eigenvalue weighted by atomic mass is 10.2. The van der Waals surface area contributed by atoms with Gasteiger partial charge in [0, 0.05) is 18.5 Å². The summed E-state index contributed by atoms with van der Waals surface area (Å²) in [7, 11) is 0. The summed E-state index contributed by atoms with van der Waals surface area (Å²) in [4.78, 5) is 21.5. The number of hydrogen-bond donors (Lipinski definition) is 2. The third kappa shape index (κ3) is 5.31. The Labute approximate surface area is 130 Å². The number of nitrogens with zero attached hydrogens (tertiary/aromatic N) is 1. The predicted molar refractivity (Wildman–Crippen MR) is 80.6 cm³/mol. The number of nitro benzene ring substituents is 1. The second-order valence-corrected chi connectivity index (χ2v) is 5.55. The van der Waals surface area contributed by atoms with Gasteiger partial charge in [0.2, 0.25) is 5.75 Å². The molecule has 1 aromatic rings. The highest BCUT2D eigenvalue weighted by Gasteiger charge is 2.21. The largest absolute Gasteiger partial charge is 0.486 e. The zero-order chi connectivity index (χ0) is 16.0. The number of carboxylic acids is 1. The van der Waals surface area contributed by atoms with E-state index in [4.69, 9.17) is 9.84 Å². The molecule has 116 valence electrons. The second kappa shape index (κ2) is 7.94. The lowest BCUT2D eigenvalue weighted by molar-refractivity contribution is -0.386. The molecule has 0 spiro atoms. The van der Waals surface area contributed by atoms with E-state index in [0.717, 1.165) is 0 Å². The first kappa shape index (κ1) is 17.4. The monoisotopic (exact) mass is 360 g/mol. The van der Waals surface area contributed by atoms with Gasteiger partial charge in [0.15, 0.2) is 0 Å². The highest BCUT2D eigenvalue weighted by atomic mass is 79.9. The number of ether oxygens (including phenoxy) is 1. The van der Waals surface area contributed by atoms with Crippen LogP contribution >= 0.6 is 15.9 Å². The van der Waals surface area contributed by atoms with E-state index in [-0.39, 0.29) is 30.5 Å². The van der Waals surface area contributed by atoms with Crippen LogP contribution < -0.4 is 10.1 Å². The highest BCUT2D eigenvalue weighted by Crippen LogP contribution is 2.34. The van der Waals surface area contributed by atoms with Gasteiger partial charge in [-0.15, -0.1) is 0 Å². The molecule has 21 heavy (non-hydrogen) atoms. The molecule has 1 rings (SSSR count). The summed E-state index contributed by atoms with van der Waals surface area (Å²) in [5.74, 6) is -0.870. The molecule has 8 heteroatoms. The fourth-order valence-electron chi connectivity index (χ4n) is 1.74. The molecule has 1 aromatic carbocycles. The van der Waals surface area contributed by atoms with Crippen molar-refractivity contribution in [1.29, 1.82) is 0 Å². The number of halogens is 1. The predicted octanol–water partition coefficient (Wildman–Crippen LogP) is 2.58. The minimum absolute atomic E-state index is 0.0175. The fourth-order valence-corrected chi connectivity index (χ4v) is 2.21. The normalized spacial score (nSPS) is 12.2. The topological polar surface area (TPSA) is 102 Å². The average Bonchev–Trinajstić information content (AvgIpc) is 2.38. The van der Waals surface area contributed by atoms with Gasteiger partial charge in [0.05, 0.1) is 16.0 Å². The van der Waals surface area contributed by atoms with Gasteiger partial charge in [0.1, 0.15) is 6.04 Å². The van der Waals surface area contributed by atoms with Gasteiger partial charge < -0.3 is 15.2 Å². The van der Waals surface area contributed by atoms with Crippen molar-refractivity contribution >= 4 is 27.6 Å². The number of carboxylic acid groups (broad SMARTS) is 1. The molecule has 0 saturated heterocycles. The van der Waals surface area contributed by atoms with Gasteiger partial charge in [-0.25, -0.2) is 0 Å². The molecule has 0 heterocycles. The molecule has 1 atom stereocenters. The van der Waals surface area contributed by atoms with Crippen LogP contribution in [-0.2, 0) is 4.79 Å². The van der Waals surface area contributed by atoms with E-state index >= 15 is 0 Å². The number of aliphatic carboxylic acids is 1. The van der Waals surface area contributed by atoms with Gasteiger partial charge in [-0.2, -0.15) is 0 Å². The molecule has 0 fully saturated rings. The summed E-state index contributed by atoms with van der Waals surface area (Å²) in [6.07, 6.45) is 0.200. The second-order valence-electron chi connectivity index (χ2n) is 4.69. The summed E-state index contributed by atoms with van der Waals surface area (Å²) in [6.45, 7) is 3.74. The number of nitrogens with one attached hydrogen (secondary N) is 1. The Kier molecular flexibility index (Phi) is 6.57. The van der Waals surface area contributed by atoms with Crippen molar-refractivity contribution in [3.63, 3.8) is 0 Å². The van der Waals surface area contributed by atoms with Gasteiger partial charge in [-0.05, 0) is 22.0 Å². The number of benzene rings is 1. The Balaban J connectivity index is 2.71. The Hall–Kier alpha value is -1.67. The van der Waals surface area contributed by atoms with Crippen LogP contribution in [0, 0.1) is 10.1 Å². The maximum atomic E-state index is 11.1. The van der Waals surface area contributed by atoms with E-state index in [2.05, 4.69) is 21.2 Å². The number of hydrogen-bond acceptors (Lipinski definition) is 5. The minimum atomic E-state index is -0.978.